The van der Waals surface area contributed by atoms with Gasteiger partial charge in [0.05, 0.1) is 17.7 Å². The average molecular weight is 337 g/mol. The monoisotopic (exact) mass is 337 g/mol. The van der Waals surface area contributed by atoms with Crippen molar-refractivity contribution in [2.75, 3.05) is 5.32 Å². The molecule has 0 unspecified atom stereocenters. The highest BCUT2D eigenvalue weighted by atomic mass is 15.0. The zero-order valence-corrected chi connectivity index (χ0v) is 14.5. The first-order valence-electron chi connectivity index (χ1n) is 8.65. The van der Waals surface area contributed by atoms with E-state index in [4.69, 9.17) is 5.26 Å². The Labute approximate surface area is 152 Å². The van der Waals surface area contributed by atoms with Crippen molar-refractivity contribution in [3.05, 3.63) is 101 Å². The molecule has 0 amide bonds. The van der Waals surface area contributed by atoms with Gasteiger partial charge >= 0.3 is 0 Å². The van der Waals surface area contributed by atoms with Gasteiger partial charge in [0.1, 0.15) is 0 Å². The van der Waals surface area contributed by atoms with Gasteiger partial charge in [0, 0.05) is 22.3 Å². The second-order valence-electron chi connectivity index (χ2n) is 6.39. The summed E-state index contributed by atoms with van der Waals surface area (Å²) in [5.41, 5.74) is 6.37. The van der Waals surface area contributed by atoms with E-state index in [1.54, 1.807) is 0 Å². The van der Waals surface area contributed by atoms with E-state index in [0.717, 1.165) is 16.9 Å². The van der Waals surface area contributed by atoms with Crippen molar-refractivity contribution in [3.63, 3.8) is 0 Å². The smallest absolute Gasteiger partial charge is 0.0991 e. The molecule has 0 aliphatic carbocycles. The number of aryl methyl sites for hydroxylation is 1. The number of hydrogen-bond donors (Lipinski definition) is 2. The second kappa shape index (κ2) is 6.78. The summed E-state index contributed by atoms with van der Waals surface area (Å²) in [5.74, 6) is 0. The molecule has 4 aromatic rings. The van der Waals surface area contributed by atoms with E-state index in [1.807, 2.05) is 36.4 Å². The minimum atomic E-state index is -0.00321. The predicted octanol–water partition coefficient (Wildman–Crippen LogP) is 5.55. The van der Waals surface area contributed by atoms with Crippen molar-refractivity contribution < 1.29 is 0 Å². The maximum absolute atomic E-state index is 9.01. The first-order chi connectivity index (χ1) is 12.8. The number of rotatable bonds is 4. The fourth-order valence-electron chi connectivity index (χ4n) is 3.37. The van der Waals surface area contributed by atoms with Gasteiger partial charge in [-0.25, -0.2) is 0 Å². The standard InChI is InChI=1S/C23H19N3/c1-16-20-9-5-6-10-21(20)26-22(16)23(18-7-3-2-4-8-18)25-19-13-11-17(15-24)12-14-19/h2-14,23,25-26H,1H3/t23-/m1/s1. The summed E-state index contributed by atoms with van der Waals surface area (Å²) < 4.78 is 0. The normalized spacial score (nSPS) is 11.8. The van der Waals surface area contributed by atoms with Crippen LogP contribution in [0, 0.1) is 18.3 Å². The second-order valence-corrected chi connectivity index (χ2v) is 6.39. The van der Waals surface area contributed by atoms with E-state index >= 15 is 0 Å². The zero-order valence-electron chi connectivity index (χ0n) is 14.5. The summed E-state index contributed by atoms with van der Waals surface area (Å²) in [4.78, 5) is 3.59. The molecule has 126 valence electrons. The van der Waals surface area contributed by atoms with E-state index in [1.165, 1.54) is 16.5 Å². The maximum Gasteiger partial charge on any atom is 0.0991 e. The van der Waals surface area contributed by atoms with E-state index in [0.29, 0.717) is 5.56 Å². The van der Waals surface area contributed by atoms with Crippen LogP contribution in [0.25, 0.3) is 10.9 Å². The SMILES string of the molecule is Cc1c([C@H](Nc2ccc(C#N)cc2)c2ccccc2)[nH]c2ccccc12. The van der Waals surface area contributed by atoms with E-state index in [2.05, 4.69) is 65.8 Å². The van der Waals surface area contributed by atoms with E-state index in [-0.39, 0.29) is 6.04 Å². The van der Waals surface area contributed by atoms with Crippen LogP contribution in [0.15, 0.2) is 78.9 Å². The van der Waals surface area contributed by atoms with Crippen LogP contribution in [0.2, 0.25) is 0 Å². The molecule has 2 N–H and O–H groups in total. The largest absolute Gasteiger partial charge is 0.373 e. The lowest BCUT2D eigenvalue weighted by molar-refractivity contribution is 0.894. The van der Waals surface area contributed by atoms with Gasteiger partial charge in [-0.1, -0.05) is 48.5 Å². The minimum absolute atomic E-state index is 0.00321. The molecule has 0 spiro atoms. The number of nitrogens with zero attached hydrogens (tertiary/aromatic N) is 1. The van der Waals surface area contributed by atoms with Crippen LogP contribution in [0.3, 0.4) is 0 Å². The van der Waals surface area contributed by atoms with Crippen LogP contribution >= 0.6 is 0 Å². The number of nitriles is 1. The highest BCUT2D eigenvalue weighted by molar-refractivity contribution is 5.85. The third-order valence-electron chi connectivity index (χ3n) is 4.75. The first-order valence-corrected chi connectivity index (χ1v) is 8.65. The molecule has 3 nitrogen and oxygen atoms in total. The summed E-state index contributed by atoms with van der Waals surface area (Å²) in [6.07, 6.45) is 0. The van der Waals surface area contributed by atoms with Gasteiger partial charge in [-0.3, -0.25) is 0 Å². The molecule has 0 saturated carbocycles. The number of anilines is 1. The third-order valence-corrected chi connectivity index (χ3v) is 4.75. The molecule has 0 aliphatic heterocycles. The van der Waals surface area contributed by atoms with Gasteiger partial charge in [0.25, 0.3) is 0 Å². The predicted molar refractivity (Wildman–Crippen MR) is 106 cm³/mol. The molecule has 1 aromatic heterocycles. The van der Waals surface area contributed by atoms with Gasteiger partial charge in [0.2, 0.25) is 0 Å². The van der Waals surface area contributed by atoms with Crippen molar-refractivity contribution in [1.82, 2.24) is 4.98 Å². The molecular weight excluding hydrogens is 318 g/mol. The number of aromatic nitrogens is 1. The zero-order chi connectivity index (χ0) is 17.9. The topological polar surface area (TPSA) is 51.6 Å². The molecule has 0 bridgehead atoms. The number of aromatic amines is 1. The number of benzene rings is 3. The third kappa shape index (κ3) is 2.94. The summed E-state index contributed by atoms with van der Waals surface area (Å²) in [7, 11) is 0. The average Bonchev–Trinajstić information content (AvgIpc) is 3.04. The molecular formula is C23H19N3. The lowest BCUT2D eigenvalue weighted by Crippen LogP contribution is -2.13. The lowest BCUT2D eigenvalue weighted by atomic mass is 9.99. The van der Waals surface area contributed by atoms with Gasteiger partial charge in [0.15, 0.2) is 0 Å². The van der Waals surface area contributed by atoms with E-state index < -0.39 is 0 Å². The van der Waals surface area contributed by atoms with Gasteiger partial charge in [-0.2, -0.15) is 5.26 Å². The highest BCUT2D eigenvalue weighted by Gasteiger charge is 2.19. The molecule has 26 heavy (non-hydrogen) atoms. The molecule has 1 heterocycles. The number of hydrogen-bond acceptors (Lipinski definition) is 2. The number of H-pyrrole nitrogens is 1. The molecule has 3 aromatic carbocycles. The van der Waals surface area contributed by atoms with Crippen molar-refractivity contribution in [1.29, 1.82) is 5.26 Å². The minimum Gasteiger partial charge on any atom is -0.373 e. The summed E-state index contributed by atoms with van der Waals surface area (Å²) in [6.45, 7) is 2.16. The fourth-order valence-corrected chi connectivity index (χ4v) is 3.37. The van der Waals surface area contributed by atoms with E-state index in [9.17, 15) is 0 Å². The Balaban J connectivity index is 1.80. The summed E-state index contributed by atoms with van der Waals surface area (Å²) in [5, 5.41) is 13.9. The molecule has 0 aliphatic rings. The molecule has 1 atom stereocenters. The molecule has 3 heteroatoms. The Kier molecular flexibility index (Phi) is 4.17. The Bertz CT molecular complexity index is 1070. The lowest BCUT2D eigenvalue weighted by Gasteiger charge is -2.21. The van der Waals surface area contributed by atoms with Crippen LogP contribution in [0.1, 0.15) is 28.4 Å². The van der Waals surface area contributed by atoms with Crippen molar-refractivity contribution in [2.24, 2.45) is 0 Å². The van der Waals surface area contributed by atoms with Crippen molar-refractivity contribution in [2.45, 2.75) is 13.0 Å². The van der Waals surface area contributed by atoms with Crippen LogP contribution in [-0.2, 0) is 0 Å². The van der Waals surface area contributed by atoms with Crippen molar-refractivity contribution in [3.8, 4) is 6.07 Å². The van der Waals surface area contributed by atoms with Crippen LogP contribution in [-0.4, -0.2) is 4.98 Å². The molecule has 0 radical (unpaired) electrons. The summed E-state index contributed by atoms with van der Waals surface area (Å²) in [6, 6.07) is 28.5. The first kappa shape index (κ1) is 16.0. The Morgan fingerprint density at radius 3 is 2.27 bits per heavy atom. The maximum atomic E-state index is 9.01. The quantitative estimate of drug-likeness (QED) is 0.513. The van der Waals surface area contributed by atoms with Gasteiger partial charge in [-0.05, 0) is 48.4 Å². The Hall–Kier alpha value is -3.51. The van der Waals surface area contributed by atoms with Gasteiger partial charge < -0.3 is 10.3 Å². The fraction of sp³-hybridized carbons (Fsp3) is 0.0870. The van der Waals surface area contributed by atoms with Gasteiger partial charge in [-0.15, -0.1) is 0 Å². The van der Waals surface area contributed by atoms with Crippen LogP contribution < -0.4 is 5.32 Å². The van der Waals surface area contributed by atoms with Crippen molar-refractivity contribution >= 4 is 16.6 Å². The Morgan fingerprint density at radius 2 is 1.58 bits per heavy atom. The highest BCUT2D eigenvalue weighted by Crippen LogP contribution is 2.32. The van der Waals surface area contributed by atoms with Crippen LogP contribution in [0.4, 0.5) is 5.69 Å². The van der Waals surface area contributed by atoms with Crippen LogP contribution in [0.5, 0.6) is 0 Å². The molecule has 4 rings (SSSR count). The number of para-hydroxylation sites is 1. The molecule has 0 saturated heterocycles. The Morgan fingerprint density at radius 1 is 0.885 bits per heavy atom. The number of nitrogens with one attached hydrogen (secondary N) is 2. The summed E-state index contributed by atoms with van der Waals surface area (Å²) >= 11 is 0. The number of fused-ring (bicyclic) bond motifs is 1. The molecule has 0 fully saturated rings.